The zero-order chi connectivity index (χ0) is 8.59. The predicted molar refractivity (Wildman–Crippen MR) is 33.7 cm³/mol. The second-order valence-corrected chi connectivity index (χ2v) is 2.34. The molecule has 1 aliphatic rings. The van der Waals surface area contributed by atoms with Gasteiger partial charge in [0, 0.05) is 0 Å². The Morgan fingerprint density at radius 3 is 2.36 bits per heavy atom. The van der Waals surface area contributed by atoms with E-state index in [0.717, 1.165) is 6.08 Å². The van der Waals surface area contributed by atoms with Crippen molar-refractivity contribution >= 4 is 5.78 Å². The van der Waals surface area contributed by atoms with Crippen LogP contribution >= 0.6 is 0 Å². The molecule has 11 heavy (non-hydrogen) atoms. The predicted octanol–water partition coefficient (Wildman–Crippen LogP) is -1.91. The van der Waals surface area contributed by atoms with Crippen molar-refractivity contribution in [3.8, 4) is 0 Å². The van der Waals surface area contributed by atoms with Gasteiger partial charge >= 0.3 is 0 Å². The van der Waals surface area contributed by atoms with Crippen LogP contribution in [-0.4, -0.2) is 44.5 Å². The van der Waals surface area contributed by atoms with E-state index in [4.69, 9.17) is 20.4 Å². The van der Waals surface area contributed by atoms with Crippen LogP contribution < -0.4 is 0 Å². The number of carbonyl (C=O) groups is 1. The first-order valence-electron chi connectivity index (χ1n) is 3.03. The van der Waals surface area contributed by atoms with Crippen LogP contribution in [0.25, 0.3) is 0 Å². The molecule has 0 aromatic heterocycles. The average Bonchev–Trinajstić information content (AvgIpc) is 1.97. The molecule has 0 spiro atoms. The second kappa shape index (κ2) is 2.61. The Hall–Kier alpha value is -0.910. The minimum atomic E-state index is -1.73. The monoisotopic (exact) mass is 160 g/mol. The van der Waals surface area contributed by atoms with Gasteiger partial charge in [0.05, 0.1) is 0 Å². The summed E-state index contributed by atoms with van der Waals surface area (Å²) >= 11 is 0. The maximum Gasteiger partial charge on any atom is 0.227 e. The number of Topliss-reactive ketones (excluding diaryl/α,β-unsaturated/α-hetero) is 1. The molecule has 0 heterocycles. The van der Waals surface area contributed by atoms with Crippen molar-refractivity contribution in [2.45, 2.75) is 18.3 Å². The van der Waals surface area contributed by atoms with Gasteiger partial charge in [-0.2, -0.15) is 0 Å². The summed E-state index contributed by atoms with van der Waals surface area (Å²) in [5.74, 6) is -1.68. The quantitative estimate of drug-likeness (QED) is 0.331. The van der Waals surface area contributed by atoms with E-state index in [0.29, 0.717) is 0 Å². The van der Waals surface area contributed by atoms with Gasteiger partial charge in [-0.15, -0.1) is 0 Å². The Balaban J connectivity index is 2.92. The molecule has 5 nitrogen and oxygen atoms in total. The molecule has 0 saturated heterocycles. The van der Waals surface area contributed by atoms with Crippen LogP contribution in [0.1, 0.15) is 0 Å². The molecule has 0 radical (unpaired) electrons. The van der Waals surface area contributed by atoms with Gasteiger partial charge in [0.15, 0.2) is 5.76 Å². The third kappa shape index (κ3) is 1.25. The molecule has 0 amide bonds. The summed E-state index contributed by atoms with van der Waals surface area (Å²) in [5.41, 5.74) is 0. The van der Waals surface area contributed by atoms with E-state index in [1.165, 1.54) is 0 Å². The molecule has 1 rings (SSSR count). The lowest BCUT2D eigenvalue weighted by molar-refractivity contribution is -0.138. The van der Waals surface area contributed by atoms with E-state index in [-0.39, 0.29) is 0 Å². The highest BCUT2D eigenvalue weighted by Gasteiger charge is 2.36. The number of carbonyl (C=O) groups excluding carboxylic acids is 1. The van der Waals surface area contributed by atoms with E-state index in [1.807, 2.05) is 0 Å². The zero-order valence-electron chi connectivity index (χ0n) is 5.51. The Morgan fingerprint density at radius 1 is 1.27 bits per heavy atom. The highest BCUT2D eigenvalue weighted by Crippen LogP contribution is 2.13. The van der Waals surface area contributed by atoms with E-state index in [2.05, 4.69) is 0 Å². The van der Waals surface area contributed by atoms with Gasteiger partial charge < -0.3 is 20.4 Å². The van der Waals surface area contributed by atoms with Crippen molar-refractivity contribution in [2.24, 2.45) is 0 Å². The first-order valence-corrected chi connectivity index (χ1v) is 3.03. The summed E-state index contributed by atoms with van der Waals surface area (Å²) in [5, 5.41) is 35.2. The molecule has 0 aromatic rings. The second-order valence-electron chi connectivity index (χ2n) is 2.34. The molecular weight excluding hydrogens is 152 g/mol. The zero-order valence-corrected chi connectivity index (χ0v) is 5.51. The summed E-state index contributed by atoms with van der Waals surface area (Å²) in [6.45, 7) is 0. The number of aliphatic hydroxyl groups excluding tert-OH is 4. The van der Waals surface area contributed by atoms with Crippen LogP contribution in [0.5, 0.6) is 0 Å². The van der Waals surface area contributed by atoms with E-state index in [1.54, 1.807) is 0 Å². The smallest absolute Gasteiger partial charge is 0.227 e. The van der Waals surface area contributed by atoms with Crippen LogP contribution in [-0.2, 0) is 4.79 Å². The van der Waals surface area contributed by atoms with Crippen LogP contribution in [0.2, 0.25) is 0 Å². The number of ketones is 1. The van der Waals surface area contributed by atoms with E-state index < -0.39 is 29.9 Å². The minimum absolute atomic E-state index is 0.713. The highest BCUT2D eigenvalue weighted by atomic mass is 16.4. The first-order chi connectivity index (χ1) is 5.04. The molecule has 0 aromatic carbocycles. The average molecular weight is 160 g/mol. The summed E-state index contributed by atoms with van der Waals surface area (Å²) in [6, 6.07) is 0. The van der Waals surface area contributed by atoms with Gasteiger partial charge in [-0.25, -0.2) is 0 Å². The molecule has 62 valence electrons. The van der Waals surface area contributed by atoms with Crippen molar-refractivity contribution < 1.29 is 25.2 Å². The van der Waals surface area contributed by atoms with Crippen molar-refractivity contribution in [2.75, 3.05) is 0 Å². The van der Waals surface area contributed by atoms with Crippen LogP contribution in [0.4, 0.5) is 0 Å². The van der Waals surface area contributed by atoms with Gasteiger partial charge in [0.25, 0.3) is 0 Å². The SMILES string of the molecule is O=C1C(O)=C[C@H](O)[C@@H](O)[C@@H]1O. The first kappa shape index (κ1) is 8.19. The molecule has 5 heteroatoms. The topological polar surface area (TPSA) is 98.0 Å². The fourth-order valence-corrected chi connectivity index (χ4v) is 0.836. The fourth-order valence-electron chi connectivity index (χ4n) is 0.836. The maximum absolute atomic E-state index is 10.6. The van der Waals surface area contributed by atoms with Crippen LogP contribution in [0.3, 0.4) is 0 Å². The molecular formula is C6H8O5. The number of aliphatic hydroxyl groups is 4. The molecule has 0 fully saturated rings. The van der Waals surface area contributed by atoms with Gasteiger partial charge in [0.1, 0.15) is 18.3 Å². The van der Waals surface area contributed by atoms with Gasteiger partial charge in [0.2, 0.25) is 5.78 Å². The standard InChI is InChI=1S/C6H8O5/c7-2-1-3(8)5(10)6(11)4(2)9/h1-2,4,6-9,11H/t2-,4+,6-/m0/s1. The Labute approximate surface area is 62.2 Å². The number of hydrogen-bond donors (Lipinski definition) is 4. The van der Waals surface area contributed by atoms with Crippen molar-refractivity contribution in [3.05, 3.63) is 11.8 Å². The third-order valence-electron chi connectivity index (χ3n) is 1.52. The normalized spacial score (nSPS) is 38.6. The van der Waals surface area contributed by atoms with Gasteiger partial charge in [-0.05, 0) is 6.08 Å². The molecule has 0 aliphatic heterocycles. The summed E-state index contributed by atoms with van der Waals surface area (Å²) in [6.07, 6.45) is -3.87. The molecule has 0 bridgehead atoms. The van der Waals surface area contributed by atoms with E-state index >= 15 is 0 Å². The molecule has 4 N–H and O–H groups in total. The van der Waals surface area contributed by atoms with Crippen molar-refractivity contribution in [3.63, 3.8) is 0 Å². The third-order valence-corrected chi connectivity index (χ3v) is 1.52. The molecule has 0 saturated carbocycles. The lowest BCUT2D eigenvalue weighted by Crippen LogP contribution is -2.45. The number of hydrogen-bond acceptors (Lipinski definition) is 5. The maximum atomic E-state index is 10.6. The largest absolute Gasteiger partial charge is 0.504 e. The molecule has 3 atom stereocenters. The Kier molecular flexibility index (Phi) is 1.95. The van der Waals surface area contributed by atoms with Crippen LogP contribution in [0.15, 0.2) is 11.8 Å². The van der Waals surface area contributed by atoms with E-state index in [9.17, 15) is 4.79 Å². The van der Waals surface area contributed by atoms with Gasteiger partial charge in [-0.1, -0.05) is 0 Å². The van der Waals surface area contributed by atoms with Crippen LogP contribution in [0, 0.1) is 0 Å². The van der Waals surface area contributed by atoms with Crippen molar-refractivity contribution in [1.29, 1.82) is 0 Å². The molecule has 1 aliphatic carbocycles. The Bertz CT molecular complexity index is 209. The lowest BCUT2D eigenvalue weighted by Gasteiger charge is -2.23. The number of rotatable bonds is 0. The molecule has 0 unspecified atom stereocenters. The fraction of sp³-hybridized carbons (Fsp3) is 0.500. The Morgan fingerprint density at radius 2 is 1.82 bits per heavy atom. The van der Waals surface area contributed by atoms with Gasteiger partial charge in [-0.3, -0.25) is 4.79 Å². The van der Waals surface area contributed by atoms with Crippen molar-refractivity contribution in [1.82, 2.24) is 0 Å². The summed E-state index contributed by atoms with van der Waals surface area (Å²) < 4.78 is 0. The highest BCUT2D eigenvalue weighted by molar-refractivity contribution is 5.98. The lowest BCUT2D eigenvalue weighted by atomic mass is 9.96. The summed E-state index contributed by atoms with van der Waals surface area (Å²) in [7, 11) is 0. The summed E-state index contributed by atoms with van der Waals surface area (Å²) in [4.78, 5) is 10.6. The minimum Gasteiger partial charge on any atom is -0.504 e.